The Morgan fingerprint density at radius 2 is 1.81 bits per heavy atom. The van der Waals surface area contributed by atoms with Crippen LogP contribution in [-0.2, 0) is 14.3 Å². The summed E-state index contributed by atoms with van der Waals surface area (Å²) in [6.45, 7) is 4.44. The van der Waals surface area contributed by atoms with Gasteiger partial charge in [-0.25, -0.2) is 4.79 Å². The summed E-state index contributed by atoms with van der Waals surface area (Å²) in [6.07, 6.45) is 5.24. The molecule has 21 heavy (non-hydrogen) atoms. The Bertz CT molecular complexity index is 503. The smallest absolute Gasteiger partial charge is 0.338 e. The SMILES string of the molecule is CCCCCCOC(=O)/C(=C\C(N)=O)c1ccc(C)cc1. The van der Waals surface area contributed by atoms with Gasteiger partial charge in [0.25, 0.3) is 0 Å². The molecule has 1 amide bonds. The van der Waals surface area contributed by atoms with E-state index in [0.717, 1.165) is 37.3 Å². The summed E-state index contributed by atoms with van der Waals surface area (Å²) in [7, 11) is 0. The minimum atomic E-state index is -0.659. The van der Waals surface area contributed by atoms with E-state index in [4.69, 9.17) is 10.5 Å². The zero-order chi connectivity index (χ0) is 15.7. The fourth-order valence-corrected chi connectivity index (χ4v) is 1.91. The Balaban J connectivity index is 2.72. The van der Waals surface area contributed by atoms with Crippen molar-refractivity contribution in [3.05, 3.63) is 41.5 Å². The highest BCUT2D eigenvalue weighted by atomic mass is 16.5. The second-order valence-corrected chi connectivity index (χ2v) is 5.02. The fraction of sp³-hybridized carbons (Fsp3) is 0.412. The highest BCUT2D eigenvalue weighted by Gasteiger charge is 2.14. The van der Waals surface area contributed by atoms with Crippen molar-refractivity contribution in [3.8, 4) is 0 Å². The van der Waals surface area contributed by atoms with E-state index in [-0.39, 0.29) is 5.57 Å². The zero-order valence-electron chi connectivity index (χ0n) is 12.7. The van der Waals surface area contributed by atoms with Crippen LogP contribution in [0, 0.1) is 6.92 Å². The summed E-state index contributed by atoms with van der Waals surface area (Å²) in [5.74, 6) is -1.16. The van der Waals surface area contributed by atoms with Crippen molar-refractivity contribution in [3.63, 3.8) is 0 Å². The molecule has 0 unspecified atom stereocenters. The van der Waals surface area contributed by atoms with E-state index < -0.39 is 11.9 Å². The first-order valence-electron chi connectivity index (χ1n) is 7.30. The summed E-state index contributed by atoms with van der Waals surface area (Å²) in [6, 6.07) is 7.31. The molecule has 0 fully saturated rings. The van der Waals surface area contributed by atoms with Crippen LogP contribution in [0.4, 0.5) is 0 Å². The topological polar surface area (TPSA) is 69.4 Å². The van der Waals surface area contributed by atoms with Crippen molar-refractivity contribution in [1.82, 2.24) is 0 Å². The number of benzene rings is 1. The van der Waals surface area contributed by atoms with Crippen molar-refractivity contribution < 1.29 is 14.3 Å². The summed E-state index contributed by atoms with van der Waals surface area (Å²) in [5.41, 5.74) is 7.09. The number of nitrogens with two attached hydrogens (primary N) is 1. The van der Waals surface area contributed by atoms with E-state index in [9.17, 15) is 9.59 Å². The van der Waals surface area contributed by atoms with Gasteiger partial charge in [0, 0.05) is 6.08 Å². The number of carbonyl (C=O) groups excluding carboxylic acids is 2. The minimum Gasteiger partial charge on any atom is -0.462 e. The Morgan fingerprint density at radius 1 is 1.14 bits per heavy atom. The van der Waals surface area contributed by atoms with Crippen LogP contribution in [-0.4, -0.2) is 18.5 Å². The molecule has 0 aromatic heterocycles. The normalized spacial score (nSPS) is 11.2. The highest BCUT2D eigenvalue weighted by molar-refractivity contribution is 6.20. The van der Waals surface area contributed by atoms with Crippen LogP contribution in [0.2, 0.25) is 0 Å². The van der Waals surface area contributed by atoms with Gasteiger partial charge in [0.2, 0.25) is 5.91 Å². The van der Waals surface area contributed by atoms with E-state index in [0.29, 0.717) is 12.2 Å². The third-order valence-corrected chi connectivity index (χ3v) is 3.10. The molecule has 2 N–H and O–H groups in total. The lowest BCUT2D eigenvalue weighted by molar-refractivity contribution is -0.136. The predicted molar refractivity (Wildman–Crippen MR) is 83.5 cm³/mol. The van der Waals surface area contributed by atoms with Gasteiger partial charge >= 0.3 is 5.97 Å². The summed E-state index contributed by atoms with van der Waals surface area (Å²) in [5, 5.41) is 0. The molecule has 1 rings (SSSR count). The molecule has 0 radical (unpaired) electrons. The number of rotatable bonds is 8. The van der Waals surface area contributed by atoms with E-state index >= 15 is 0 Å². The van der Waals surface area contributed by atoms with Crippen molar-refractivity contribution in [1.29, 1.82) is 0 Å². The first kappa shape index (κ1) is 17.0. The molecular weight excluding hydrogens is 266 g/mol. The molecule has 0 saturated heterocycles. The molecule has 0 heterocycles. The lowest BCUT2D eigenvalue weighted by Gasteiger charge is -2.08. The molecule has 1 aromatic rings. The van der Waals surface area contributed by atoms with Gasteiger partial charge in [-0.05, 0) is 18.9 Å². The standard InChI is InChI=1S/C17H23NO3/c1-3-4-5-6-11-21-17(20)15(12-16(18)19)14-9-7-13(2)8-10-14/h7-10,12H,3-6,11H2,1-2H3,(H2,18,19)/b15-12-. The largest absolute Gasteiger partial charge is 0.462 e. The van der Waals surface area contributed by atoms with Gasteiger partial charge in [0.1, 0.15) is 0 Å². The molecule has 0 aliphatic heterocycles. The molecule has 4 nitrogen and oxygen atoms in total. The summed E-state index contributed by atoms with van der Waals surface area (Å²) in [4.78, 5) is 23.2. The number of ether oxygens (including phenoxy) is 1. The van der Waals surface area contributed by atoms with Crippen LogP contribution in [0.25, 0.3) is 5.57 Å². The van der Waals surface area contributed by atoms with E-state index in [2.05, 4.69) is 6.92 Å². The van der Waals surface area contributed by atoms with Crippen molar-refractivity contribution in [2.45, 2.75) is 39.5 Å². The monoisotopic (exact) mass is 289 g/mol. The molecule has 0 aliphatic rings. The number of carbonyl (C=O) groups is 2. The Morgan fingerprint density at radius 3 is 2.38 bits per heavy atom. The van der Waals surface area contributed by atoms with Crippen molar-refractivity contribution >= 4 is 17.4 Å². The average Bonchev–Trinajstić information content (AvgIpc) is 2.45. The first-order chi connectivity index (χ1) is 10.0. The van der Waals surface area contributed by atoms with Gasteiger partial charge in [-0.2, -0.15) is 0 Å². The lowest BCUT2D eigenvalue weighted by Crippen LogP contribution is -2.13. The molecular formula is C17H23NO3. The molecule has 0 bridgehead atoms. The molecule has 0 aliphatic carbocycles. The number of unbranched alkanes of at least 4 members (excludes halogenated alkanes) is 3. The summed E-state index contributed by atoms with van der Waals surface area (Å²) < 4.78 is 5.22. The van der Waals surface area contributed by atoms with Crippen LogP contribution in [0.3, 0.4) is 0 Å². The number of hydrogen-bond acceptors (Lipinski definition) is 3. The van der Waals surface area contributed by atoms with E-state index in [1.807, 2.05) is 19.1 Å². The van der Waals surface area contributed by atoms with E-state index in [1.165, 1.54) is 0 Å². The van der Waals surface area contributed by atoms with Crippen LogP contribution < -0.4 is 5.73 Å². The van der Waals surface area contributed by atoms with Crippen LogP contribution in [0.5, 0.6) is 0 Å². The Labute approximate surface area is 126 Å². The van der Waals surface area contributed by atoms with Gasteiger partial charge < -0.3 is 10.5 Å². The molecule has 0 spiro atoms. The third-order valence-electron chi connectivity index (χ3n) is 3.10. The second kappa shape index (κ2) is 8.95. The maximum atomic E-state index is 12.1. The molecule has 1 aromatic carbocycles. The van der Waals surface area contributed by atoms with Crippen LogP contribution in [0.1, 0.15) is 43.7 Å². The number of aryl methyl sites for hydroxylation is 1. The average molecular weight is 289 g/mol. The van der Waals surface area contributed by atoms with Gasteiger partial charge in [-0.15, -0.1) is 0 Å². The second-order valence-electron chi connectivity index (χ2n) is 5.02. The van der Waals surface area contributed by atoms with Crippen LogP contribution in [0.15, 0.2) is 30.3 Å². The van der Waals surface area contributed by atoms with Gasteiger partial charge in [-0.3, -0.25) is 4.79 Å². The van der Waals surface area contributed by atoms with Crippen molar-refractivity contribution in [2.24, 2.45) is 5.73 Å². The van der Waals surface area contributed by atoms with Crippen molar-refractivity contribution in [2.75, 3.05) is 6.61 Å². The quantitative estimate of drug-likeness (QED) is 0.454. The van der Waals surface area contributed by atoms with Gasteiger partial charge in [0.05, 0.1) is 12.2 Å². The molecule has 0 saturated carbocycles. The maximum Gasteiger partial charge on any atom is 0.338 e. The van der Waals surface area contributed by atoms with Crippen LogP contribution >= 0.6 is 0 Å². The Kier molecular flexibility index (Phi) is 7.23. The fourth-order valence-electron chi connectivity index (χ4n) is 1.91. The van der Waals surface area contributed by atoms with Gasteiger partial charge in [0.15, 0.2) is 0 Å². The zero-order valence-corrected chi connectivity index (χ0v) is 12.7. The number of esters is 1. The first-order valence-corrected chi connectivity index (χ1v) is 7.30. The molecule has 114 valence electrons. The lowest BCUT2D eigenvalue weighted by atomic mass is 10.0. The highest BCUT2D eigenvalue weighted by Crippen LogP contribution is 2.17. The van der Waals surface area contributed by atoms with E-state index in [1.54, 1.807) is 12.1 Å². The predicted octanol–water partition coefficient (Wildman–Crippen LogP) is 2.99. The molecule has 4 heteroatoms. The maximum absolute atomic E-state index is 12.1. The van der Waals surface area contributed by atoms with Gasteiger partial charge in [-0.1, -0.05) is 56.0 Å². The minimum absolute atomic E-state index is 0.206. The number of amides is 1. The number of primary amides is 1. The summed E-state index contributed by atoms with van der Waals surface area (Å²) >= 11 is 0. The molecule has 0 atom stereocenters. The third kappa shape index (κ3) is 6.25. The Hall–Kier alpha value is -2.10. The number of hydrogen-bond donors (Lipinski definition) is 1.